The number of carbonyl (C=O) groups is 1. The van der Waals surface area contributed by atoms with Gasteiger partial charge in [0, 0.05) is 17.3 Å². The number of pyridine rings is 1. The molecule has 0 aliphatic heterocycles. The number of hydrogen-bond acceptors (Lipinski definition) is 3. The lowest BCUT2D eigenvalue weighted by molar-refractivity contribution is 0.102. The van der Waals surface area contributed by atoms with Crippen LogP contribution in [0.5, 0.6) is 0 Å². The molecule has 3 aromatic rings. The zero-order chi connectivity index (χ0) is 18.5. The average molecular weight is 366 g/mol. The summed E-state index contributed by atoms with van der Waals surface area (Å²) < 4.78 is 0. The minimum atomic E-state index is -0.268. The Kier molecular flexibility index (Phi) is 5.54. The molecule has 5 heteroatoms. The third-order valence-electron chi connectivity index (χ3n) is 4.17. The van der Waals surface area contributed by atoms with E-state index in [-0.39, 0.29) is 5.91 Å². The first-order valence-electron chi connectivity index (χ1n) is 8.35. The van der Waals surface area contributed by atoms with Crippen LogP contribution in [-0.4, -0.2) is 10.9 Å². The molecule has 26 heavy (non-hydrogen) atoms. The van der Waals surface area contributed by atoms with Gasteiger partial charge >= 0.3 is 0 Å². The number of hydrogen-bond donors (Lipinski definition) is 2. The Balaban J connectivity index is 1.62. The molecule has 2 aromatic carbocycles. The lowest BCUT2D eigenvalue weighted by Crippen LogP contribution is -2.13. The Morgan fingerprint density at radius 1 is 1.00 bits per heavy atom. The van der Waals surface area contributed by atoms with Crippen molar-refractivity contribution in [2.75, 3.05) is 10.6 Å². The molecule has 0 aliphatic carbocycles. The van der Waals surface area contributed by atoms with Crippen molar-refractivity contribution < 1.29 is 4.79 Å². The fourth-order valence-electron chi connectivity index (χ4n) is 2.50. The zero-order valence-corrected chi connectivity index (χ0v) is 15.5. The van der Waals surface area contributed by atoms with Crippen molar-refractivity contribution >= 4 is 28.9 Å². The van der Waals surface area contributed by atoms with Crippen LogP contribution in [0.4, 0.5) is 11.4 Å². The van der Waals surface area contributed by atoms with Crippen LogP contribution in [0, 0.1) is 13.8 Å². The Bertz CT molecular complexity index is 923. The topological polar surface area (TPSA) is 54.0 Å². The second-order valence-electron chi connectivity index (χ2n) is 6.13. The van der Waals surface area contributed by atoms with Crippen LogP contribution >= 0.6 is 11.6 Å². The first-order chi connectivity index (χ1) is 12.5. The van der Waals surface area contributed by atoms with Crippen molar-refractivity contribution in [3.05, 3.63) is 88.2 Å². The van der Waals surface area contributed by atoms with Crippen LogP contribution in [0.15, 0.2) is 60.8 Å². The third kappa shape index (κ3) is 4.41. The fraction of sp³-hybridized carbons (Fsp3) is 0.143. The van der Waals surface area contributed by atoms with Crippen LogP contribution < -0.4 is 10.6 Å². The molecule has 1 aromatic heterocycles. The van der Waals surface area contributed by atoms with Crippen LogP contribution in [0.25, 0.3) is 0 Å². The van der Waals surface area contributed by atoms with Crippen LogP contribution in [0.2, 0.25) is 5.02 Å². The smallest absolute Gasteiger partial charge is 0.274 e. The quantitative estimate of drug-likeness (QED) is 0.652. The highest BCUT2D eigenvalue weighted by Gasteiger charge is 2.08. The molecule has 4 nitrogen and oxygen atoms in total. The maximum absolute atomic E-state index is 12.3. The Hall–Kier alpha value is -2.85. The van der Waals surface area contributed by atoms with E-state index in [4.69, 9.17) is 11.6 Å². The number of amides is 1. The summed E-state index contributed by atoms with van der Waals surface area (Å²) in [6.45, 7) is 4.71. The van der Waals surface area contributed by atoms with E-state index in [2.05, 4.69) is 34.7 Å². The van der Waals surface area contributed by atoms with Gasteiger partial charge in [0.2, 0.25) is 0 Å². The molecule has 0 unspecified atom stereocenters. The third-order valence-corrected chi connectivity index (χ3v) is 4.58. The van der Waals surface area contributed by atoms with E-state index >= 15 is 0 Å². The minimum absolute atomic E-state index is 0.268. The molecule has 2 N–H and O–H groups in total. The highest BCUT2D eigenvalue weighted by molar-refractivity contribution is 6.31. The van der Waals surface area contributed by atoms with E-state index in [1.807, 2.05) is 37.3 Å². The predicted octanol–water partition coefficient (Wildman–Crippen LogP) is 5.22. The normalized spacial score (nSPS) is 10.4. The molecule has 0 spiro atoms. The van der Waals surface area contributed by atoms with Crippen molar-refractivity contribution in [3.63, 3.8) is 0 Å². The van der Waals surface area contributed by atoms with E-state index in [1.54, 1.807) is 18.3 Å². The largest absolute Gasteiger partial charge is 0.380 e. The van der Waals surface area contributed by atoms with Gasteiger partial charge in [-0.25, -0.2) is 4.98 Å². The van der Waals surface area contributed by atoms with Gasteiger partial charge in [0.15, 0.2) is 0 Å². The molecule has 3 rings (SSSR count). The van der Waals surface area contributed by atoms with Gasteiger partial charge in [0.1, 0.15) is 5.69 Å². The second kappa shape index (κ2) is 8.02. The Morgan fingerprint density at radius 2 is 1.77 bits per heavy atom. The predicted molar refractivity (Wildman–Crippen MR) is 107 cm³/mol. The van der Waals surface area contributed by atoms with E-state index in [9.17, 15) is 4.79 Å². The average Bonchev–Trinajstić information content (AvgIpc) is 2.64. The summed E-state index contributed by atoms with van der Waals surface area (Å²) in [6.07, 6.45) is 1.66. The molecule has 1 amide bonds. The molecular formula is C21H20ClN3O. The first kappa shape index (κ1) is 18.0. The summed E-state index contributed by atoms with van der Waals surface area (Å²) in [5, 5.41) is 6.74. The molecule has 0 radical (unpaired) electrons. The standard InChI is InChI=1S/C21H20ClN3O/c1-14-5-3-4-6-16(14)12-23-18-9-10-20(24-13-18)21(26)25-17-8-7-15(2)19(22)11-17/h3-11,13,23H,12H2,1-2H3,(H,25,26). The Labute approximate surface area is 158 Å². The number of benzene rings is 2. The fourth-order valence-corrected chi connectivity index (χ4v) is 2.68. The van der Waals surface area contributed by atoms with Crippen molar-refractivity contribution in [3.8, 4) is 0 Å². The SMILES string of the molecule is Cc1ccc(NC(=O)c2ccc(NCc3ccccc3C)cn2)cc1Cl. The second-order valence-corrected chi connectivity index (χ2v) is 6.54. The minimum Gasteiger partial charge on any atom is -0.380 e. The van der Waals surface area contributed by atoms with Crippen LogP contribution in [0.1, 0.15) is 27.2 Å². The van der Waals surface area contributed by atoms with Crippen LogP contribution in [0.3, 0.4) is 0 Å². The van der Waals surface area contributed by atoms with Crippen molar-refractivity contribution in [1.29, 1.82) is 0 Å². The zero-order valence-electron chi connectivity index (χ0n) is 14.7. The molecule has 0 bridgehead atoms. The summed E-state index contributed by atoms with van der Waals surface area (Å²) in [5.41, 5.74) is 5.29. The van der Waals surface area contributed by atoms with Gasteiger partial charge in [-0.15, -0.1) is 0 Å². The van der Waals surface area contributed by atoms with Gasteiger partial charge in [-0.05, 0) is 54.8 Å². The monoisotopic (exact) mass is 365 g/mol. The number of aryl methyl sites for hydroxylation is 2. The van der Waals surface area contributed by atoms with Crippen molar-refractivity contribution in [1.82, 2.24) is 4.98 Å². The van der Waals surface area contributed by atoms with Gasteiger partial charge in [0.25, 0.3) is 5.91 Å². The Morgan fingerprint density at radius 3 is 2.46 bits per heavy atom. The van der Waals surface area contributed by atoms with Gasteiger partial charge in [0.05, 0.1) is 11.9 Å². The lowest BCUT2D eigenvalue weighted by atomic mass is 10.1. The number of nitrogens with zero attached hydrogens (tertiary/aromatic N) is 1. The number of rotatable bonds is 5. The molecule has 0 atom stereocenters. The first-order valence-corrected chi connectivity index (χ1v) is 8.72. The van der Waals surface area contributed by atoms with E-state index in [0.717, 1.165) is 11.3 Å². The summed E-state index contributed by atoms with van der Waals surface area (Å²) in [7, 11) is 0. The molecule has 0 saturated carbocycles. The van der Waals surface area contributed by atoms with Gasteiger partial charge in [-0.2, -0.15) is 0 Å². The lowest BCUT2D eigenvalue weighted by Gasteiger charge is -2.10. The summed E-state index contributed by atoms with van der Waals surface area (Å²) in [4.78, 5) is 16.6. The highest BCUT2D eigenvalue weighted by atomic mass is 35.5. The number of carbonyl (C=O) groups excluding carboxylic acids is 1. The van der Waals surface area contributed by atoms with Crippen molar-refractivity contribution in [2.45, 2.75) is 20.4 Å². The summed E-state index contributed by atoms with van der Waals surface area (Å²) >= 11 is 6.09. The number of aromatic nitrogens is 1. The highest BCUT2D eigenvalue weighted by Crippen LogP contribution is 2.20. The van der Waals surface area contributed by atoms with Crippen LogP contribution in [-0.2, 0) is 6.54 Å². The van der Waals surface area contributed by atoms with Gasteiger partial charge < -0.3 is 10.6 Å². The van der Waals surface area contributed by atoms with Crippen molar-refractivity contribution in [2.24, 2.45) is 0 Å². The molecule has 0 saturated heterocycles. The molecular weight excluding hydrogens is 346 g/mol. The van der Waals surface area contributed by atoms with Gasteiger partial charge in [-0.1, -0.05) is 41.9 Å². The molecule has 1 heterocycles. The van der Waals surface area contributed by atoms with Gasteiger partial charge in [-0.3, -0.25) is 4.79 Å². The maximum atomic E-state index is 12.3. The summed E-state index contributed by atoms with van der Waals surface area (Å²) in [5.74, 6) is -0.268. The summed E-state index contributed by atoms with van der Waals surface area (Å²) in [6, 6.07) is 17.2. The molecule has 0 fully saturated rings. The number of anilines is 2. The molecule has 132 valence electrons. The van der Waals surface area contributed by atoms with E-state index in [0.29, 0.717) is 22.9 Å². The van der Waals surface area contributed by atoms with E-state index < -0.39 is 0 Å². The number of halogens is 1. The van der Waals surface area contributed by atoms with E-state index in [1.165, 1.54) is 11.1 Å². The maximum Gasteiger partial charge on any atom is 0.274 e. The molecule has 0 aliphatic rings. The number of nitrogens with one attached hydrogen (secondary N) is 2.